The van der Waals surface area contributed by atoms with E-state index >= 15 is 0 Å². The van der Waals surface area contributed by atoms with Crippen LogP contribution in [0.3, 0.4) is 0 Å². The van der Waals surface area contributed by atoms with E-state index in [1.807, 2.05) is 19.1 Å². The van der Waals surface area contributed by atoms with E-state index in [2.05, 4.69) is 15.5 Å². The van der Waals surface area contributed by atoms with E-state index in [4.69, 9.17) is 51.1 Å². The number of carbonyl (C=O) groups is 1. The number of nitrogens with one attached hydrogen (secondary N) is 1. The Bertz CT molecular complexity index is 1320. The van der Waals surface area contributed by atoms with Crippen molar-refractivity contribution in [3.63, 3.8) is 0 Å². The molecule has 170 valence electrons. The average molecular weight is 525 g/mol. The molecule has 11 heteroatoms. The molecule has 7 nitrogen and oxygen atoms in total. The summed E-state index contributed by atoms with van der Waals surface area (Å²) in [6.07, 6.45) is 3.26. The van der Waals surface area contributed by atoms with Gasteiger partial charge < -0.3 is 10.1 Å². The molecule has 1 N–H and O–H groups in total. The fraction of sp³-hybridized carbons (Fsp3) is 0.136. The molecule has 0 saturated heterocycles. The summed E-state index contributed by atoms with van der Waals surface area (Å²) < 4.78 is 8.84. The molecule has 0 unspecified atom stereocenters. The first kappa shape index (κ1) is 23.4. The lowest BCUT2D eigenvalue weighted by Gasteiger charge is -2.09. The van der Waals surface area contributed by atoms with Gasteiger partial charge in [-0.05, 0) is 54.4 Å². The maximum Gasteiger partial charge on any atom is 0.277 e. The van der Waals surface area contributed by atoms with Crippen molar-refractivity contribution in [1.82, 2.24) is 19.6 Å². The molecule has 33 heavy (non-hydrogen) atoms. The van der Waals surface area contributed by atoms with Crippen molar-refractivity contribution in [2.45, 2.75) is 20.2 Å². The molecule has 0 aliphatic rings. The van der Waals surface area contributed by atoms with Gasteiger partial charge in [-0.2, -0.15) is 10.2 Å². The molecule has 0 aliphatic heterocycles. The molecule has 2 aromatic heterocycles. The zero-order valence-corrected chi connectivity index (χ0v) is 20.3. The van der Waals surface area contributed by atoms with E-state index < -0.39 is 5.91 Å². The maximum atomic E-state index is 12.6. The lowest BCUT2D eigenvalue weighted by Crippen LogP contribution is -2.15. The van der Waals surface area contributed by atoms with Crippen molar-refractivity contribution in [3.8, 4) is 5.75 Å². The highest BCUT2D eigenvalue weighted by molar-refractivity contribution is 6.42. The van der Waals surface area contributed by atoms with E-state index in [9.17, 15) is 4.79 Å². The summed E-state index contributed by atoms with van der Waals surface area (Å²) in [5.41, 5.74) is 1.98. The molecule has 0 atom stereocenters. The second-order valence-corrected chi connectivity index (χ2v) is 8.81. The molecule has 0 fully saturated rings. The molecule has 0 spiro atoms. The standard InChI is InChI=1S/C22H17Cl4N5O2/c1-13-8-15(23)3-5-20(13)33-12-30-7-6-19(28-30)22(32)27-21-18(26)11-31(29-21)10-14-2-4-16(24)17(25)9-14/h2-9,11H,10,12H2,1H3,(H,27,29,32). The summed E-state index contributed by atoms with van der Waals surface area (Å²) in [6, 6.07) is 12.2. The highest BCUT2D eigenvalue weighted by Gasteiger charge is 2.15. The Labute approximate surface area is 209 Å². The van der Waals surface area contributed by atoms with Gasteiger partial charge in [0.15, 0.2) is 18.2 Å². The highest BCUT2D eigenvalue weighted by Crippen LogP contribution is 2.25. The predicted molar refractivity (Wildman–Crippen MR) is 130 cm³/mol. The van der Waals surface area contributed by atoms with Crippen LogP contribution in [0.1, 0.15) is 21.6 Å². The third-order valence-electron chi connectivity index (χ3n) is 4.64. The summed E-state index contributed by atoms with van der Waals surface area (Å²) in [6.45, 7) is 2.44. The molecular weight excluding hydrogens is 508 g/mol. The van der Waals surface area contributed by atoms with E-state index in [0.717, 1.165) is 11.1 Å². The van der Waals surface area contributed by atoms with Gasteiger partial charge in [0.1, 0.15) is 10.8 Å². The van der Waals surface area contributed by atoms with Crippen molar-refractivity contribution >= 4 is 58.1 Å². The molecule has 0 aliphatic carbocycles. The van der Waals surface area contributed by atoms with Gasteiger partial charge in [0.2, 0.25) is 0 Å². The van der Waals surface area contributed by atoms with E-state index in [1.165, 1.54) is 4.68 Å². The minimum absolute atomic E-state index is 0.134. The molecule has 0 bridgehead atoms. The Morgan fingerprint density at radius 3 is 2.55 bits per heavy atom. The zero-order chi connectivity index (χ0) is 23.5. The van der Waals surface area contributed by atoms with Gasteiger partial charge in [-0.15, -0.1) is 0 Å². The number of aryl methyl sites for hydroxylation is 1. The lowest BCUT2D eigenvalue weighted by molar-refractivity contribution is 0.101. The maximum absolute atomic E-state index is 12.6. The average Bonchev–Trinajstić information content (AvgIpc) is 3.37. The van der Waals surface area contributed by atoms with Crippen LogP contribution < -0.4 is 10.1 Å². The molecule has 4 rings (SSSR count). The third kappa shape index (κ3) is 5.81. The number of benzene rings is 2. The molecular formula is C22H17Cl4N5O2. The van der Waals surface area contributed by atoms with Crippen LogP contribution in [-0.2, 0) is 13.3 Å². The van der Waals surface area contributed by atoms with E-state index in [0.29, 0.717) is 32.4 Å². The first-order valence-electron chi connectivity index (χ1n) is 9.69. The van der Waals surface area contributed by atoms with Crippen molar-refractivity contribution in [2.75, 3.05) is 5.32 Å². The number of hydrogen-bond acceptors (Lipinski definition) is 4. The minimum Gasteiger partial charge on any atom is -0.471 e. The second kappa shape index (κ2) is 10.1. The van der Waals surface area contributed by atoms with E-state index in [1.54, 1.807) is 47.4 Å². The second-order valence-electron chi connectivity index (χ2n) is 7.15. The molecule has 4 aromatic rings. The van der Waals surface area contributed by atoms with Crippen molar-refractivity contribution in [3.05, 3.63) is 91.8 Å². The number of ether oxygens (including phenoxy) is 1. The Balaban J connectivity index is 1.38. The van der Waals surface area contributed by atoms with Crippen LogP contribution in [-0.4, -0.2) is 25.5 Å². The molecule has 1 amide bonds. The van der Waals surface area contributed by atoms with Gasteiger partial charge in [-0.3, -0.25) is 9.48 Å². The minimum atomic E-state index is -0.446. The van der Waals surface area contributed by atoms with E-state index in [-0.39, 0.29) is 18.2 Å². The van der Waals surface area contributed by atoms with Crippen LogP contribution in [0.2, 0.25) is 20.1 Å². The van der Waals surface area contributed by atoms with Crippen LogP contribution in [0, 0.1) is 6.92 Å². The number of hydrogen-bond donors (Lipinski definition) is 1. The van der Waals surface area contributed by atoms with Crippen LogP contribution in [0.5, 0.6) is 5.75 Å². The monoisotopic (exact) mass is 523 g/mol. The van der Waals surface area contributed by atoms with Crippen LogP contribution in [0.25, 0.3) is 0 Å². The molecule has 2 aromatic carbocycles. The molecule has 0 radical (unpaired) electrons. The largest absolute Gasteiger partial charge is 0.471 e. The third-order valence-corrected chi connectivity index (χ3v) is 5.89. The number of carbonyl (C=O) groups excluding carboxylic acids is 1. The van der Waals surface area contributed by atoms with Crippen LogP contribution >= 0.6 is 46.4 Å². The summed E-state index contributed by atoms with van der Waals surface area (Å²) in [5, 5.41) is 13.1. The van der Waals surface area contributed by atoms with Crippen molar-refractivity contribution < 1.29 is 9.53 Å². The SMILES string of the molecule is Cc1cc(Cl)ccc1OCn1ccc(C(=O)Nc2nn(Cc3ccc(Cl)c(Cl)c3)cc2Cl)n1. The van der Waals surface area contributed by atoms with Crippen LogP contribution in [0.4, 0.5) is 5.82 Å². The van der Waals surface area contributed by atoms with Gasteiger partial charge >= 0.3 is 0 Å². The summed E-state index contributed by atoms with van der Waals surface area (Å²) in [5.74, 6) is 0.461. The first-order chi connectivity index (χ1) is 15.8. The van der Waals surface area contributed by atoms with Gasteiger partial charge in [-0.1, -0.05) is 52.5 Å². The Kier molecular flexibility index (Phi) is 7.14. The van der Waals surface area contributed by atoms with Crippen molar-refractivity contribution in [1.29, 1.82) is 0 Å². The van der Waals surface area contributed by atoms with Crippen LogP contribution in [0.15, 0.2) is 54.9 Å². The smallest absolute Gasteiger partial charge is 0.277 e. The fourth-order valence-corrected chi connectivity index (χ4v) is 3.77. The molecule has 0 saturated carbocycles. The first-order valence-corrected chi connectivity index (χ1v) is 11.2. The number of anilines is 1. The zero-order valence-electron chi connectivity index (χ0n) is 17.2. The fourth-order valence-electron chi connectivity index (χ4n) is 3.02. The number of amides is 1. The predicted octanol–water partition coefficient (Wildman–Crippen LogP) is 6.34. The highest BCUT2D eigenvalue weighted by atomic mass is 35.5. The summed E-state index contributed by atoms with van der Waals surface area (Å²) in [7, 11) is 0. The van der Waals surface area contributed by atoms with Crippen molar-refractivity contribution in [2.24, 2.45) is 0 Å². The van der Waals surface area contributed by atoms with Gasteiger partial charge in [0.25, 0.3) is 5.91 Å². The number of halogens is 4. The van der Waals surface area contributed by atoms with Gasteiger partial charge in [0.05, 0.1) is 16.6 Å². The Morgan fingerprint density at radius 1 is 0.970 bits per heavy atom. The van der Waals surface area contributed by atoms with Gasteiger partial charge in [0, 0.05) is 17.4 Å². The lowest BCUT2D eigenvalue weighted by atomic mass is 10.2. The normalized spacial score (nSPS) is 10.9. The Hall–Kier alpha value is -2.71. The topological polar surface area (TPSA) is 74.0 Å². The number of nitrogens with zero attached hydrogens (tertiary/aromatic N) is 4. The summed E-state index contributed by atoms with van der Waals surface area (Å²) >= 11 is 24.2. The molecule has 2 heterocycles. The Morgan fingerprint density at radius 2 is 1.79 bits per heavy atom. The number of aromatic nitrogens is 4. The van der Waals surface area contributed by atoms with Gasteiger partial charge in [-0.25, -0.2) is 4.68 Å². The number of rotatable bonds is 7. The summed E-state index contributed by atoms with van der Waals surface area (Å²) in [4.78, 5) is 12.6. The quantitative estimate of drug-likeness (QED) is 0.306.